The van der Waals surface area contributed by atoms with Crippen molar-refractivity contribution in [2.24, 2.45) is 0 Å². The standard InChI is InChI=1S/C14H19NO3/c1-2-3-4-8-13(16)15-12-7-5-6-11(9-12)10-14(17)18/h5-7,9H,2-4,8,10H2,1H3,(H,15,16)(H,17,18). The van der Waals surface area contributed by atoms with Crippen molar-refractivity contribution in [3.63, 3.8) is 0 Å². The summed E-state index contributed by atoms with van der Waals surface area (Å²) < 4.78 is 0. The molecule has 0 aliphatic heterocycles. The van der Waals surface area contributed by atoms with Gasteiger partial charge in [0.05, 0.1) is 6.42 Å². The van der Waals surface area contributed by atoms with Crippen molar-refractivity contribution in [1.82, 2.24) is 0 Å². The van der Waals surface area contributed by atoms with Crippen molar-refractivity contribution in [3.8, 4) is 0 Å². The lowest BCUT2D eigenvalue weighted by Gasteiger charge is -2.06. The number of carbonyl (C=O) groups excluding carboxylic acids is 1. The van der Waals surface area contributed by atoms with Crippen LogP contribution < -0.4 is 5.32 Å². The highest BCUT2D eigenvalue weighted by molar-refractivity contribution is 5.90. The third-order valence-electron chi connectivity index (χ3n) is 2.57. The van der Waals surface area contributed by atoms with Crippen molar-refractivity contribution >= 4 is 17.6 Å². The quantitative estimate of drug-likeness (QED) is 0.730. The van der Waals surface area contributed by atoms with Crippen LogP contribution in [-0.2, 0) is 16.0 Å². The first-order valence-corrected chi connectivity index (χ1v) is 6.22. The Balaban J connectivity index is 2.51. The second kappa shape index (κ2) is 7.48. The molecule has 0 aliphatic carbocycles. The molecule has 0 aliphatic rings. The van der Waals surface area contributed by atoms with Crippen LogP contribution in [0.4, 0.5) is 5.69 Å². The lowest BCUT2D eigenvalue weighted by Crippen LogP contribution is -2.11. The zero-order valence-electron chi connectivity index (χ0n) is 10.6. The maximum absolute atomic E-state index is 11.6. The maximum Gasteiger partial charge on any atom is 0.307 e. The molecule has 1 amide bonds. The minimum Gasteiger partial charge on any atom is -0.481 e. The third kappa shape index (κ3) is 5.48. The second-order valence-corrected chi connectivity index (χ2v) is 4.28. The number of anilines is 1. The molecule has 0 spiro atoms. The predicted octanol–water partition coefficient (Wildman–Crippen LogP) is 2.83. The van der Waals surface area contributed by atoms with E-state index in [0.717, 1.165) is 19.3 Å². The van der Waals surface area contributed by atoms with E-state index < -0.39 is 5.97 Å². The smallest absolute Gasteiger partial charge is 0.307 e. The van der Waals surface area contributed by atoms with Crippen LogP contribution in [0, 0.1) is 0 Å². The molecule has 18 heavy (non-hydrogen) atoms. The molecule has 0 unspecified atom stereocenters. The molecule has 0 fully saturated rings. The Kier molecular flexibility index (Phi) is 5.91. The van der Waals surface area contributed by atoms with E-state index >= 15 is 0 Å². The molecular weight excluding hydrogens is 230 g/mol. The fraction of sp³-hybridized carbons (Fsp3) is 0.429. The summed E-state index contributed by atoms with van der Waals surface area (Å²) in [6.45, 7) is 2.09. The van der Waals surface area contributed by atoms with E-state index in [9.17, 15) is 9.59 Å². The summed E-state index contributed by atoms with van der Waals surface area (Å²) in [4.78, 5) is 22.2. The molecule has 2 N–H and O–H groups in total. The predicted molar refractivity (Wildman–Crippen MR) is 70.6 cm³/mol. The highest BCUT2D eigenvalue weighted by atomic mass is 16.4. The number of carbonyl (C=O) groups is 2. The molecule has 4 heteroatoms. The molecule has 1 aromatic carbocycles. The number of rotatable bonds is 7. The summed E-state index contributed by atoms with van der Waals surface area (Å²) in [6.07, 6.45) is 3.50. The van der Waals surface area contributed by atoms with E-state index in [1.165, 1.54) is 0 Å². The van der Waals surface area contributed by atoms with Crippen LogP contribution >= 0.6 is 0 Å². The van der Waals surface area contributed by atoms with Gasteiger partial charge in [-0.25, -0.2) is 0 Å². The monoisotopic (exact) mass is 249 g/mol. The van der Waals surface area contributed by atoms with Crippen LogP contribution in [0.3, 0.4) is 0 Å². The van der Waals surface area contributed by atoms with Crippen molar-refractivity contribution < 1.29 is 14.7 Å². The highest BCUT2D eigenvalue weighted by Crippen LogP contribution is 2.12. The molecule has 4 nitrogen and oxygen atoms in total. The first kappa shape index (κ1) is 14.2. The molecule has 0 aromatic heterocycles. The summed E-state index contributed by atoms with van der Waals surface area (Å²) in [5.74, 6) is -0.891. The molecule has 0 saturated heterocycles. The molecule has 1 rings (SSSR count). The van der Waals surface area contributed by atoms with Crippen LogP contribution in [0.2, 0.25) is 0 Å². The van der Waals surface area contributed by atoms with Gasteiger partial charge in [-0.3, -0.25) is 9.59 Å². The van der Waals surface area contributed by atoms with Crippen LogP contribution in [0.5, 0.6) is 0 Å². The lowest BCUT2D eigenvalue weighted by molar-refractivity contribution is -0.136. The van der Waals surface area contributed by atoms with Gasteiger partial charge in [0.1, 0.15) is 0 Å². The molecule has 0 saturated carbocycles. The van der Waals surface area contributed by atoms with E-state index in [-0.39, 0.29) is 12.3 Å². The SMILES string of the molecule is CCCCCC(=O)Nc1cccc(CC(=O)O)c1. The lowest BCUT2D eigenvalue weighted by atomic mass is 10.1. The number of nitrogens with one attached hydrogen (secondary N) is 1. The van der Waals surface area contributed by atoms with Gasteiger partial charge in [0.25, 0.3) is 0 Å². The van der Waals surface area contributed by atoms with Gasteiger partial charge in [0, 0.05) is 12.1 Å². The van der Waals surface area contributed by atoms with Gasteiger partial charge in [-0.2, -0.15) is 0 Å². The van der Waals surface area contributed by atoms with Gasteiger partial charge in [-0.05, 0) is 24.1 Å². The summed E-state index contributed by atoms with van der Waals surface area (Å²) in [5.41, 5.74) is 1.35. The van der Waals surface area contributed by atoms with Crippen LogP contribution in [-0.4, -0.2) is 17.0 Å². The van der Waals surface area contributed by atoms with E-state index in [4.69, 9.17) is 5.11 Å². The first-order valence-electron chi connectivity index (χ1n) is 6.22. The van der Waals surface area contributed by atoms with Crippen molar-refractivity contribution in [1.29, 1.82) is 0 Å². The average molecular weight is 249 g/mol. The highest BCUT2D eigenvalue weighted by Gasteiger charge is 2.04. The first-order chi connectivity index (χ1) is 8.61. The van der Waals surface area contributed by atoms with E-state index in [0.29, 0.717) is 17.7 Å². The number of carboxylic acid groups (broad SMARTS) is 1. The minimum absolute atomic E-state index is 0.0177. The zero-order chi connectivity index (χ0) is 13.4. The summed E-state index contributed by atoms with van der Waals surface area (Å²) >= 11 is 0. The van der Waals surface area contributed by atoms with Gasteiger partial charge in [-0.1, -0.05) is 31.9 Å². The number of aliphatic carboxylic acids is 1. The Labute approximate surface area is 107 Å². The van der Waals surface area contributed by atoms with Gasteiger partial charge in [-0.15, -0.1) is 0 Å². The Bertz CT molecular complexity index is 415. The summed E-state index contributed by atoms with van der Waals surface area (Å²) in [6, 6.07) is 6.95. The topological polar surface area (TPSA) is 66.4 Å². The molecule has 0 radical (unpaired) electrons. The fourth-order valence-electron chi connectivity index (χ4n) is 1.69. The molecular formula is C14H19NO3. The van der Waals surface area contributed by atoms with E-state index in [2.05, 4.69) is 12.2 Å². The third-order valence-corrected chi connectivity index (χ3v) is 2.57. The van der Waals surface area contributed by atoms with Crippen molar-refractivity contribution in [3.05, 3.63) is 29.8 Å². The molecule has 0 heterocycles. The minimum atomic E-state index is -0.874. The summed E-state index contributed by atoms with van der Waals surface area (Å²) in [7, 11) is 0. The van der Waals surface area contributed by atoms with E-state index in [1.54, 1.807) is 24.3 Å². The molecule has 1 aromatic rings. The van der Waals surface area contributed by atoms with Gasteiger partial charge in [0.15, 0.2) is 0 Å². The number of carboxylic acids is 1. The fourth-order valence-corrected chi connectivity index (χ4v) is 1.69. The number of hydrogen-bond acceptors (Lipinski definition) is 2. The van der Waals surface area contributed by atoms with Crippen molar-refractivity contribution in [2.45, 2.75) is 39.0 Å². The molecule has 0 atom stereocenters. The zero-order valence-corrected chi connectivity index (χ0v) is 10.6. The largest absolute Gasteiger partial charge is 0.481 e. The van der Waals surface area contributed by atoms with Crippen molar-refractivity contribution in [2.75, 3.05) is 5.32 Å². The second-order valence-electron chi connectivity index (χ2n) is 4.28. The van der Waals surface area contributed by atoms with Gasteiger partial charge >= 0.3 is 5.97 Å². The summed E-state index contributed by atoms with van der Waals surface area (Å²) in [5, 5.41) is 11.5. The Hall–Kier alpha value is -1.84. The Morgan fingerprint density at radius 3 is 2.72 bits per heavy atom. The number of amides is 1. The van der Waals surface area contributed by atoms with Crippen LogP contribution in [0.25, 0.3) is 0 Å². The number of hydrogen-bond donors (Lipinski definition) is 2. The maximum atomic E-state index is 11.6. The Morgan fingerprint density at radius 1 is 1.28 bits per heavy atom. The normalized spacial score (nSPS) is 10.1. The molecule has 0 bridgehead atoms. The Morgan fingerprint density at radius 2 is 2.06 bits per heavy atom. The van der Waals surface area contributed by atoms with Gasteiger partial charge in [0.2, 0.25) is 5.91 Å². The van der Waals surface area contributed by atoms with Gasteiger partial charge < -0.3 is 10.4 Å². The van der Waals surface area contributed by atoms with Crippen LogP contribution in [0.15, 0.2) is 24.3 Å². The molecule has 98 valence electrons. The average Bonchev–Trinajstić information content (AvgIpc) is 2.28. The van der Waals surface area contributed by atoms with Crippen LogP contribution in [0.1, 0.15) is 38.2 Å². The number of benzene rings is 1. The number of unbranched alkanes of at least 4 members (excludes halogenated alkanes) is 2. The van der Waals surface area contributed by atoms with E-state index in [1.807, 2.05) is 0 Å².